The number of halogens is 1. The van der Waals surface area contributed by atoms with Gasteiger partial charge in [0.1, 0.15) is 12.3 Å². The van der Waals surface area contributed by atoms with Crippen molar-refractivity contribution in [3.63, 3.8) is 0 Å². The van der Waals surface area contributed by atoms with Crippen molar-refractivity contribution in [1.29, 1.82) is 0 Å². The first-order valence-electron chi connectivity index (χ1n) is 9.79. The number of carboxylic acids is 1. The number of aliphatic hydroxyl groups is 1. The lowest BCUT2D eigenvalue weighted by Gasteiger charge is -2.28. The maximum atomic E-state index is 10.6. The lowest BCUT2D eigenvalue weighted by atomic mass is 9.82. The summed E-state index contributed by atoms with van der Waals surface area (Å²) < 4.78 is 8.27. The number of hydrogen-bond donors (Lipinski definition) is 2. The van der Waals surface area contributed by atoms with Crippen LogP contribution >= 0.6 is 15.9 Å². The van der Waals surface area contributed by atoms with E-state index in [9.17, 15) is 9.90 Å². The Morgan fingerprint density at radius 2 is 1.86 bits per heavy atom. The fourth-order valence-corrected chi connectivity index (χ4v) is 4.60. The maximum absolute atomic E-state index is 10.6. The average Bonchev–Trinajstić information content (AvgIpc) is 3.00. The van der Waals surface area contributed by atoms with Crippen molar-refractivity contribution in [3.8, 4) is 11.3 Å². The van der Waals surface area contributed by atoms with Gasteiger partial charge in [0.15, 0.2) is 0 Å². The number of nitrogens with zero attached hydrogens (tertiary/aromatic N) is 2. The minimum Gasteiger partial charge on any atom is -0.480 e. The number of aromatic nitrogens is 2. The van der Waals surface area contributed by atoms with Crippen LogP contribution in [0.25, 0.3) is 11.3 Å². The van der Waals surface area contributed by atoms with Crippen LogP contribution in [0.5, 0.6) is 0 Å². The summed E-state index contributed by atoms with van der Waals surface area (Å²) in [5.74, 6) is 0.0592. The SMILES string of the molecule is O=C(O)COC[C@H]1CC[C@@H](Cn2nc(-c3ccccc3)c(Br)c2CCO)CC1. The molecule has 0 aliphatic heterocycles. The second-order valence-electron chi connectivity index (χ2n) is 7.43. The number of aliphatic carboxylic acids is 1. The van der Waals surface area contributed by atoms with Gasteiger partial charge in [0.05, 0.1) is 16.8 Å². The van der Waals surface area contributed by atoms with Crippen LogP contribution in [0.2, 0.25) is 0 Å². The first-order valence-corrected chi connectivity index (χ1v) is 10.6. The molecule has 1 aromatic heterocycles. The summed E-state index contributed by atoms with van der Waals surface area (Å²) in [6.07, 6.45) is 4.83. The Morgan fingerprint density at radius 1 is 1.18 bits per heavy atom. The first-order chi connectivity index (χ1) is 13.6. The molecule has 7 heteroatoms. The molecule has 2 N–H and O–H groups in total. The smallest absolute Gasteiger partial charge is 0.329 e. The standard InChI is InChI=1S/C21H27BrN2O4/c22-20-18(10-11-25)24(23-21(20)17-4-2-1-3-5-17)12-15-6-8-16(9-7-15)13-28-14-19(26)27/h1-5,15-16,25H,6-14H2,(H,26,27)/t15-,16+. The van der Waals surface area contributed by atoms with Gasteiger partial charge in [-0.25, -0.2) is 4.79 Å². The molecule has 1 saturated carbocycles. The van der Waals surface area contributed by atoms with E-state index >= 15 is 0 Å². The van der Waals surface area contributed by atoms with Gasteiger partial charge in [-0.2, -0.15) is 5.10 Å². The summed E-state index contributed by atoms with van der Waals surface area (Å²) in [7, 11) is 0. The molecule has 1 fully saturated rings. The summed E-state index contributed by atoms with van der Waals surface area (Å²) in [5, 5.41) is 23.0. The Kier molecular flexibility index (Phi) is 7.65. The van der Waals surface area contributed by atoms with Crippen LogP contribution in [0, 0.1) is 11.8 Å². The largest absolute Gasteiger partial charge is 0.480 e. The molecule has 1 aromatic carbocycles. The molecule has 0 amide bonds. The maximum Gasteiger partial charge on any atom is 0.329 e. The molecule has 2 aromatic rings. The highest BCUT2D eigenvalue weighted by Crippen LogP contribution is 2.34. The van der Waals surface area contributed by atoms with Crippen LogP contribution < -0.4 is 0 Å². The molecule has 1 heterocycles. The van der Waals surface area contributed by atoms with Gasteiger partial charge < -0.3 is 14.9 Å². The molecule has 1 aliphatic carbocycles. The van der Waals surface area contributed by atoms with Gasteiger partial charge in [-0.05, 0) is 53.4 Å². The van der Waals surface area contributed by atoms with Crippen LogP contribution in [0.3, 0.4) is 0 Å². The van der Waals surface area contributed by atoms with E-state index in [4.69, 9.17) is 14.9 Å². The van der Waals surface area contributed by atoms with E-state index < -0.39 is 5.97 Å². The third kappa shape index (κ3) is 5.43. The quantitative estimate of drug-likeness (QED) is 0.607. The van der Waals surface area contributed by atoms with Gasteiger partial charge >= 0.3 is 5.97 Å². The van der Waals surface area contributed by atoms with Crippen LogP contribution in [0.1, 0.15) is 31.4 Å². The summed E-state index contributed by atoms with van der Waals surface area (Å²) in [6.45, 7) is 1.24. The van der Waals surface area contributed by atoms with Crippen molar-refractivity contribution in [1.82, 2.24) is 9.78 Å². The van der Waals surface area contributed by atoms with Crippen molar-refractivity contribution in [2.45, 2.75) is 38.6 Å². The van der Waals surface area contributed by atoms with Crippen molar-refractivity contribution in [2.75, 3.05) is 19.8 Å². The summed E-state index contributed by atoms with van der Waals surface area (Å²) in [6, 6.07) is 10.1. The summed E-state index contributed by atoms with van der Waals surface area (Å²) >= 11 is 3.70. The van der Waals surface area contributed by atoms with Gasteiger partial charge in [0.25, 0.3) is 0 Å². The lowest BCUT2D eigenvalue weighted by molar-refractivity contribution is -0.142. The Bertz CT molecular complexity index is 770. The molecule has 0 spiro atoms. The molecule has 3 rings (SSSR count). The highest BCUT2D eigenvalue weighted by Gasteiger charge is 2.24. The molecule has 0 bridgehead atoms. The van der Waals surface area contributed by atoms with Crippen LogP contribution in [0.4, 0.5) is 0 Å². The molecule has 0 saturated heterocycles. The van der Waals surface area contributed by atoms with Crippen LogP contribution in [-0.2, 0) is 22.5 Å². The van der Waals surface area contributed by atoms with Crippen molar-refractivity contribution >= 4 is 21.9 Å². The first kappa shape index (κ1) is 21.0. The minimum absolute atomic E-state index is 0.0895. The van der Waals surface area contributed by atoms with Crippen molar-refractivity contribution in [3.05, 3.63) is 40.5 Å². The van der Waals surface area contributed by atoms with Gasteiger partial charge in [-0.15, -0.1) is 0 Å². The monoisotopic (exact) mass is 450 g/mol. The third-order valence-electron chi connectivity index (χ3n) is 5.37. The normalized spacial score (nSPS) is 19.6. The molecule has 0 radical (unpaired) electrons. The Morgan fingerprint density at radius 3 is 2.50 bits per heavy atom. The van der Waals surface area contributed by atoms with E-state index in [-0.39, 0.29) is 13.2 Å². The van der Waals surface area contributed by atoms with Gasteiger partial charge in [-0.3, -0.25) is 4.68 Å². The summed E-state index contributed by atoms with van der Waals surface area (Å²) in [4.78, 5) is 10.6. The van der Waals surface area contributed by atoms with E-state index in [0.29, 0.717) is 24.9 Å². The van der Waals surface area contributed by atoms with Crippen LogP contribution in [-0.4, -0.2) is 45.8 Å². The van der Waals surface area contributed by atoms with Gasteiger partial charge in [-0.1, -0.05) is 30.3 Å². The van der Waals surface area contributed by atoms with Gasteiger partial charge in [0.2, 0.25) is 0 Å². The van der Waals surface area contributed by atoms with Crippen molar-refractivity contribution in [2.24, 2.45) is 11.8 Å². The number of carboxylic acid groups (broad SMARTS) is 1. The summed E-state index contributed by atoms with van der Waals surface area (Å²) in [5.41, 5.74) is 3.01. The fourth-order valence-electron chi connectivity index (χ4n) is 3.89. The van der Waals surface area contributed by atoms with E-state index in [2.05, 4.69) is 20.6 Å². The Balaban J connectivity index is 1.63. The number of hydrogen-bond acceptors (Lipinski definition) is 4. The number of benzene rings is 1. The Labute approximate surface area is 173 Å². The van der Waals surface area contributed by atoms with Gasteiger partial charge in [0, 0.05) is 25.1 Å². The minimum atomic E-state index is -0.913. The number of aliphatic hydroxyl groups excluding tert-OH is 1. The molecule has 0 unspecified atom stereocenters. The zero-order valence-corrected chi connectivity index (χ0v) is 17.5. The number of ether oxygens (including phenoxy) is 1. The molecule has 6 nitrogen and oxygen atoms in total. The van der Waals surface area contributed by atoms with E-state index in [1.54, 1.807) is 0 Å². The van der Waals surface area contributed by atoms with E-state index in [1.807, 2.05) is 30.3 Å². The average molecular weight is 451 g/mol. The molecule has 1 aliphatic rings. The molecule has 0 atom stereocenters. The molecular formula is C21H27BrN2O4. The Hall–Kier alpha value is -1.70. The molecular weight excluding hydrogens is 424 g/mol. The topological polar surface area (TPSA) is 84.6 Å². The lowest BCUT2D eigenvalue weighted by Crippen LogP contribution is -2.24. The fraction of sp³-hybridized carbons (Fsp3) is 0.524. The zero-order valence-electron chi connectivity index (χ0n) is 15.9. The van der Waals surface area contributed by atoms with E-state index in [1.165, 1.54) is 0 Å². The highest BCUT2D eigenvalue weighted by atomic mass is 79.9. The number of carbonyl (C=O) groups is 1. The van der Waals surface area contributed by atoms with Crippen molar-refractivity contribution < 1.29 is 19.7 Å². The predicted octanol–water partition coefficient (Wildman–Crippen LogP) is 3.76. The predicted molar refractivity (Wildman–Crippen MR) is 110 cm³/mol. The third-order valence-corrected chi connectivity index (χ3v) is 6.20. The van der Waals surface area contributed by atoms with Crippen LogP contribution in [0.15, 0.2) is 34.8 Å². The number of rotatable bonds is 9. The van der Waals surface area contributed by atoms with E-state index in [0.717, 1.165) is 53.7 Å². The second kappa shape index (κ2) is 10.2. The zero-order chi connectivity index (χ0) is 19.9. The molecule has 152 valence electrons. The highest BCUT2D eigenvalue weighted by molar-refractivity contribution is 9.10. The molecule has 28 heavy (non-hydrogen) atoms. The second-order valence-corrected chi connectivity index (χ2v) is 8.22.